The predicted octanol–water partition coefficient (Wildman–Crippen LogP) is 0.354. The third-order valence-electron chi connectivity index (χ3n) is 1.95. The minimum absolute atomic E-state index is 0.162. The number of nitrogens with two attached hydrogens (primary N) is 1. The predicted molar refractivity (Wildman–Crippen MR) is 46.7 cm³/mol. The molecule has 0 aromatic carbocycles. The van der Waals surface area contributed by atoms with Crippen molar-refractivity contribution in [1.29, 1.82) is 0 Å². The van der Waals surface area contributed by atoms with Crippen molar-refractivity contribution in [3.8, 4) is 0 Å². The molecule has 0 fully saturated rings. The van der Waals surface area contributed by atoms with Crippen LogP contribution in [-0.2, 0) is 5.54 Å². The monoisotopic (exact) mass is 167 g/mol. The van der Waals surface area contributed by atoms with E-state index in [1.807, 2.05) is 13.8 Å². The molecule has 66 valence electrons. The highest BCUT2D eigenvalue weighted by Gasteiger charge is 2.20. The maximum Gasteiger partial charge on any atom is 0.250 e. The largest absolute Gasteiger partial charge is 0.319 e. The van der Waals surface area contributed by atoms with Gasteiger partial charge in [0.2, 0.25) is 0 Å². The third-order valence-corrected chi connectivity index (χ3v) is 1.95. The Bertz CT molecular complexity index is 316. The average molecular weight is 167 g/mol. The Morgan fingerprint density at radius 2 is 2.42 bits per heavy atom. The molecular weight excluding hydrogens is 154 g/mol. The number of hydrogen-bond donors (Lipinski definition) is 2. The second-order valence-electron chi connectivity index (χ2n) is 3.05. The molecule has 0 saturated carbocycles. The lowest BCUT2D eigenvalue weighted by Gasteiger charge is -2.20. The Morgan fingerprint density at radius 3 is 2.92 bits per heavy atom. The van der Waals surface area contributed by atoms with Crippen molar-refractivity contribution in [2.24, 2.45) is 5.73 Å². The van der Waals surface area contributed by atoms with Crippen LogP contribution in [0, 0.1) is 0 Å². The minimum Gasteiger partial charge on any atom is -0.319 e. The van der Waals surface area contributed by atoms with E-state index in [9.17, 15) is 4.79 Å². The lowest BCUT2D eigenvalue weighted by molar-refractivity contribution is 0.444. The molecule has 1 aromatic heterocycles. The number of nitrogens with one attached hydrogen (secondary N) is 1. The molecule has 1 heterocycles. The van der Waals surface area contributed by atoms with Crippen molar-refractivity contribution in [3.63, 3.8) is 0 Å². The highest BCUT2D eigenvalue weighted by molar-refractivity contribution is 5.02. The average Bonchev–Trinajstić information content (AvgIpc) is 2.05. The van der Waals surface area contributed by atoms with E-state index in [1.54, 1.807) is 0 Å². The standard InChI is InChI=1S/C8H13N3O/c1-3-8(2,9)7-10-5-4-6(12)11-7/h4-5H,3,9H2,1-2H3,(H,10,11,12)/t8-/m1/s1. The number of aromatic amines is 1. The highest BCUT2D eigenvalue weighted by atomic mass is 16.1. The van der Waals surface area contributed by atoms with E-state index in [2.05, 4.69) is 9.97 Å². The van der Waals surface area contributed by atoms with E-state index in [1.165, 1.54) is 12.3 Å². The number of hydrogen-bond acceptors (Lipinski definition) is 3. The first kappa shape index (κ1) is 8.93. The van der Waals surface area contributed by atoms with Crippen LogP contribution in [0.3, 0.4) is 0 Å². The van der Waals surface area contributed by atoms with Gasteiger partial charge in [0.15, 0.2) is 0 Å². The molecule has 0 aliphatic rings. The van der Waals surface area contributed by atoms with Crippen LogP contribution < -0.4 is 11.3 Å². The highest BCUT2D eigenvalue weighted by Crippen LogP contribution is 2.14. The molecule has 0 radical (unpaired) electrons. The van der Waals surface area contributed by atoms with Gasteiger partial charge in [0, 0.05) is 12.3 Å². The molecule has 4 heteroatoms. The maximum absolute atomic E-state index is 10.9. The van der Waals surface area contributed by atoms with Gasteiger partial charge in [-0.05, 0) is 13.3 Å². The molecule has 1 atom stereocenters. The zero-order valence-corrected chi connectivity index (χ0v) is 7.29. The fourth-order valence-corrected chi connectivity index (χ4v) is 0.828. The van der Waals surface area contributed by atoms with Crippen LogP contribution in [0.5, 0.6) is 0 Å². The third kappa shape index (κ3) is 1.71. The van der Waals surface area contributed by atoms with Crippen LogP contribution in [0.1, 0.15) is 26.1 Å². The summed E-state index contributed by atoms with van der Waals surface area (Å²) in [4.78, 5) is 17.5. The molecule has 0 aliphatic carbocycles. The first-order chi connectivity index (χ1) is 5.56. The number of nitrogens with zero attached hydrogens (tertiary/aromatic N) is 1. The van der Waals surface area contributed by atoms with Crippen molar-refractivity contribution < 1.29 is 0 Å². The van der Waals surface area contributed by atoms with Gasteiger partial charge in [0.05, 0.1) is 5.54 Å². The second-order valence-corrected chi connectivity index (χ2v) is 3.05. The quantitative estimate of drug-likeness (QED) is 0.667. The van der Waals surface area contributed by atoms with E-state index in [-0.39, 0.29) is 5.56 Å². The number of H-pyrrole nitrogens is 1. The van der Waals surface area contributed by atoms with E-state index >= 15 is 0 Å². The fourth-order valence-electron chi connectivity index (χ4n) is 0.828. The van der Waals surface area contributed by atoms with Crippen molar-refractivity contribution in [2.45, 2.75) is 25.8 Å². The molecule has 0 aliphatic heterocycles. The summed E-state index contributed by atoms with van der Waals surface area (Å²) in [5.41, 5.74) is 5.17. The van der Waals surface area contributed by atoms with Crippen LogP contribution in [0.4, 0.5) is 0 Å². The topological polar surface area (TPSA) is 71.8 Å². The Kier molecular flexibility index (Phi) is 2.28. The van der Waals surface area contributed by atoms with Gasteiger partial charge in [-0.15, -0.1) is 0 Å². The Labute approximate surface area is 70.8 Å². The SMILES string of the molecule is CC[C@@](C)(N)c1nccc(=O)[nH]1. The summed E-state index contributed by atoms with van der Waals surface area (Å²) < 4.78 is 0. The Hall–Kier alpha value is -1.16. The smallest absolute Gasteiger partial charge is 0.250 e. The number of aromatic nitrogens is 2. The van der Waals surface area contributed by atoms with Crippen molar-refractivity contribution >= 4 is 0 Å². The normalized spacial score (nSPS) is 15.6. The molecule has 0 bridgehead atoms. The Balaban J connectivity index is 3.11. The van der Waals surface area contributed by atoms with Crippen LogP contribution in [0.25, 0.3) is 0 Å². The number of rotatable bonds is 2. The van der Waals surface area contributed by atoms with Crippen LogP contribution in [0.15, 0.2) is 17.1 Å². The first-order valence-corrected chi connectivity index (χ1v) is 3.91. The molecule has 0 unspecified atom stereocenters. The van der Waals surface area contributed by atoms with Gasteiger partial charge in [-0.2, -0.15) is 0 Å². The molecule has 1 rings (SSSR count). The van der Waals surface area contributed by atoms with Gasteiger partial charge < -0.3 is 10.7 Å². The Morgan fingerprint density at radius 1 is 1.75 bits per heavy atom. The van der Waals surface area contributed by atoms with Gasteiger partial charge in [-0.25, -0.2) is 4.98 Å². The van der Waals surface area contributed by atoms with E-state index < -0.39 is 5.54 Å². The summed E-state index contributed by atoms with van der Waals surface area (Å²) in [6.45, 7) is 3.79. The van der Waals surface area contributed by atoms with Crippen molar-refractivity contribution in [2.75, 3.05) is 0 Å². The van der Waals surface area contributed by atoms with E-state index in [4.69, 9.17) is 5.73 Å². The zero-order valence-electron chi connectivity index (χ0n) is 7.29. The summed E-state index contributed by atoms with van der Waals surface area (Å²) in [7, 11) is 0. The molecule has 3 N–H and O–H groups in total. The van der Waals surface area contributed by atoms with Gasteiger partial charge in [-0.1, -0.05) is 6.92 Å². The summed E-state index contributed by atoms with van der Waals surface area (Å²) in [6, 6.07) is 1.37. The van der Waals surface area contributed by atoms with E-state index in [0.717, 1.165) is 6.42 Å². The summed E-state index contributed by atoms with van der Waals surface area (Å²) >= 11 is 0. The van der Waals surface area contributed by atoms with Gasteiger partial charge in [-0.3, -0.25) is 4.79 Å². The molecule has 0 amide bonds. The summed E-state index contributed by atoms with van der Waals surface area (Å²) in [6.07, 6.45) is 2.20. The first-order valence-electron chi connectivity index (χ1n) is 3.91. The molecule has 0 saturated heterocycles. The molecule has 12 heavy (non-hydrogen) atoms. The van der Waals surface area contributed by atoms with Gasteiger partial charge in [0.25, 0.3) is 5.56 Å². The van der Waals surface area contributed by atoms with Crippen molar-refractivity contribution in [1.82, 2.24) is 9.97 Å². The lowest BCUT2D eigenvalue weighted by atomic mass is 10.00. The maximum atomic E-state index is 10.9. The van der Waals surface area contributed by atoms with Crippen molar-refractivity contribution in [3.05, 3.63) is 28.4 Å². The van der Waals surface area contributed by atoms with E-state index in [0.29, 0.717) is 5.82 Å². The zero-order chi connectivity index (χ0) is 9.19. The minimum atomic E-state index is -0.541. The molecule has 0 spiro atoms. The van der Waals surface area contributed by atoms with Gasteiger partial charge >= 0.3 is 0 Å². The second kappa shape index (κ2) is 3.06. The van der Waals surface area contributed by atoms with Crippen LogP contribution in [-0.4, -0.2) is 9.97 Å². The van der Waals surface area contributed by atoms with Crippen LogP contribution in [0.2, 0.25) is 0 Å². The fraction of sp³-hybridized carbons (Fsp3) is 0.500. The molecular formula is C8H13N3O. The van der Waals surface area contributed by atoms with Crippen LogP contribution >= 0.6 is 0 Å². The summed E-state index contributed by atoms with van der Waals surface area (Å²) in [5.74, 6) is 0.539. The molecule has 4 nitrogen and oxygen atoms in total. The van der Waals surface area contributed by atoms with Gasteiger partial charge in [0.1, 0.15) is 5.82 Å². The summed E-state index contributed by atoms with van der Waals surface area (Å²) in [5, 5.41) is 0. The molecule has 1 aromatic rings. The lowest BCUT2D eigenvalue weighted by Crippen LogP contribution is -2.35.